The number of nitrogens with two attached hydrogens (primary N) is 1. The fraction of sp³-hybridized carbons (Fsp3) is 0.333. The van der Waals surface area contributed by atoms with Gasteiger partial charge in [-0.05, 0) is 18.9 Å². The number of pyridine rings is 1. The number of hydrogen-bond donors (Lipinski definition) is 1. The molecule has 0 amide bonds. The van der Waals surface area contributed by atoms with E-state index in [4.69, 9.17) is 5.73 Å². The summed E-state index contributed by atoms with van der Waals surface area (Å²) in [6, 6.07) is 8.44. The van der Waals surface area contributed by atoms with Crippen LogP contribution in [0.15, 0.2) is 30.6 Å². The van der Waals surface area contributed by atoms with Crippen molar-refractivity contribution in [3.05, 3.63) is 30.6 Å². The minimum absolute atomic E-state index is 0.371. The molecule has 1 aromatic carbocycles. The number of para-hydroxylation sites is 1. The molecule has 1 unspecified atom stereocenters. The van der Waals surface area contributed by atoms with Crippen LogP contribution < -0.4 is 5.73 Å². The maximum atomic E-state index is 6.02. The van der Waals surface area contributed by atoms with E-state index in [-0.39, 0.29) is 0 Å². The fourth-order valence-electron chi connectivity index (χ4n) is 2.40. The van der Waals surface area contributed by atoms with Gasteiger partial charge in [-0.1, -0.05) is 32.0 Å². The number of imidazole rings is 1. The molecule has 0 bridgehead atoms. The van der Waals surface area contributed by atoms with Crippen molar-refractivity contribution in [2.45, 2.75) is 26.8 Å². The van der Waals surface area contributed by atoms with Crippen molar-refractivity contribution in [3.8, 4) is 0 Å². The smallest absolute Gasteiger partial charge is 0.152 e. The van der Waals surface area contributed by atoms with Gasteiger partial charge in [0.1, 0.15) is 5.52 Å². The van der Waals surface area contributed by atoms with Crippen molar-refractivity contribution in [1.29, 1.82) is 0 Å². The number of hydrogen-bond acceptors (Lipinski definition) is 3. The Hall–Kier alpha value is -2.10. The van der Waals surface area contributed by atoms with E-state index in [9.17, 15) is 0 Å². The molecule has 0 aliphatic carbocycles. The monoisotopic (exact) mass is 254 g/mol. The second kappa shape index (κ2) is 4.23. The van der Waals surface area contributed by atoms with Gasteiger partial charge in [-0.15, -0.1) is 0 Å². The Labute approximate surface area is 112 Å². The Bertz CT molecular complexity index is 742. The van der Waals surface area contributed by atoms with E-state index in [1.807, 2.05) is 24.5 Å². The van der Waals surface area contributed by atoms with E-state index in [2.05, 4.69) is 41.4 Å². The number of anilines is 1. The molecular weight excluding hydrogens is 236 g/mol. The molecule has 4 heteroatoms. The first kappa shape index (κ1) is 12.0. The number of benzene rings is 1. The van der Waals surface area contributed by atoms with Crippen LogP contribution in [-0.4, -0.2) is 14.5 Å². The highest BCUT2D eigenvalue weighted by molar-refractivity contribution is 6.06. The lowest BCUT2D eigenvalue weighted by Crippen LogP contribution is -2.10. The van der Waals surface area contributed by atoms with Gasteiger partial charge < -0.3 is 10.3 Å². The number of fused-ring (bicyclic) bond motifs is 3. The molecule has 2 heterocycles. The average molecular weight is 254 g/mol. The van der Waals surface area contributed by atoms with Gasteiger partial charge in [0.05, 0.1) is 17.4 Å². The molecule has 2 N–H and O–H groups in total. The predicted molar refractivity (Wildman–Crippen MR) is 79.0 cm³/mol. The van der Waals surface area contributed by atoms with Gasteiger partial charge in [0.15, 0.2) is 5.82 Å². The standard InChI is InChI=1S/C15H18N4/c1-9(2)10(3)19-8-17-13-14(19)11-6-4-5-7-12(11)18-15(13)16/h4-10H,1-3H3,(H2,16,18). The first-order valence-electron chi connectivity index (χ1n) is 6.60. The summed E-state index contributed by atoms with van der Waals surface area (Å²) in [7, 11) is 0. The molecule has 0 saturated carbocycles. The summed E-state index contributed by atoms with van der Waals surface area (Å²) in [5, 5.41) is 1.11. The molecule has 1 atom stereocenters. The minimum atomic E-state index is 0.371. The van der Waals surface area contributed by atoms with E-state index >= 15 is 0 Å². The molecule has 4 nitrogen and oxygen atoms in total. The van der Waals surface area contributed by atoms with E-state index in [1.165, 1.54) is 0 Å². The van der Waals surface area contributed by atoms with Crippen molar-refractivity contribution >= 4 is 27.8 Å². The molecular formula is C15H18N4. The summed E-state index contributed by atoms with van der Waals surface area (Å²) in [5.74, 6) is 1.04. The Morgan fingerprint density at radius 3 is 2.63 bits per heavy atom. The van der Waals surface area contributed by atoms with Crippen LogP contribution in [0.4, 0.5) is 5.82 Å². The van der Waals surface area contributed by atoms with Crippen molar-refractivity contribution in [2.24, 2.45) is 5.92 Å². The molecule has 98 valence electrons. The van der Waals surface area contributed by atoms with Crippen LogP contribution in [0.3, 0.4) is 0 Å². The summed E-state index contributed by atoms with van der Waals surface area (Å²) in [5.41, 5.74) is 8.83. The first-order valence-corrected chi connectivity index (χ1v) is 6.60. The molecule has 3 rings (SSSR count). The van der Waals surface area contributed by atoms with Crippen LogP contribution in [0.5, 0.6) is 0 Å². The van der Waals surface area contributed by atoms with Crippen LogP contribution in [0.25, 0.3) is 21.9 Å². The zero-order valence-electron chi connectivity index (χ0n) is 11.5. The largest absolute Gasteiger partial charge is 0.382 e. The first-order chi connectivity index (χ1) is 9.09. The molecule has 0 aliphatic heterocycles. The highest BCUT2D eigenvalue weighted by Gasteiger charge is 2.17. The van der Waals surface area contributed by atoms with Crippen LogP contribution in [0.1, 0.15) is 26.8 Å². The van der Waals surface area contributed by atoms with Gasteiger partial charge >= 0.3 is 0 Å². The van der Waals surface area contributed by atoms with Crippen LogP contribution in [0, 0.1) is 5.92 Å². The quantitative estimate of drug-likeness (QED) is 0.762. The Morgan fingerprint density at radius 2 is 1.89 bits per heavy atom. The van der Waals surface area contributed by atoms with E-state index in [0.717, 1.165) is 21.9 Å². The number of nitrogens with zero attached hydrogens (tertiary/aromatic N) is 3. The lowest BCUT2D eigenvalue weighted by molar-refractivity contribution is 0.417. The normalized spacial score (nSPS) is 13.5. The molecule has 0 radical (unpaired) electrons. The minimum Gasteiger partial charge on any atom is -0.382 e. The lowest BCUT2D eigenvalue weighted by atomic mass is 10.1. The third-order valence-electron chi connectivity index (χ3n) is 3.84. The molecule has 0 spiro atoms. The molecule has 0 aliphatic rings. The molecule has 0 saturated heterocycles. The SMILES string of the molecule is CC(C)C(C)n1cnc2c(N)nc3ccccc3c21. The van der Waals surface area contributed by atoms with Crippen molar-refractivity contribution < 1.29 is 0 Å². The van der Waals surface area contributed by atoms with Crippen molar-refractivity contribution in [3.63, 3.8) is 0 Å². The molecule has 2 aromatic heterocycles. The highest BCUT2D eigenvalue weighted by atomic mass is 15.1. The second-order valence-corrected chi connectivity index (χ2v) is 5.35. The topological polar surface area (TPSA) is 56.7 Å². The summed E-state index contributed by atoms with van der Waals surface area (Å²) in [6.45, 7) is 6.63. The van der Waals surface area contributed by atoms with Crippen LogP contribution in [-0.2, 0) is 0 Å². The third-order valence-corrected chi connectivity index (χ3v) is 3.84. The fourth-order valence-corrected chi connectivity index (χ4v) is 2.40. The van der Waals surface area contributed by atoms with E-state index in [0.29, 0.717) is 17.8 Å². The Balaban J connectivity index is 2.42. The zero-order chi connectivity index (χ0) is 13.6. The maximum Gasteiger partial charge on any atom is 0.152 e. The van der Waals surface area contributed by atoms with Gasteiger partial charge in [0.25, 0.3) is 0 Å². The third kappa shape index (κ3) is 1.75. The van der Waals surface area contributed by atoms with Crippen LogP contribution >= 0.6 is 0 Å². The summed E-state index contributed by atoms with van der Waals surface area (Å²) >= 11 is 0. The van der Waals surface area contributed by atoms with Crippen LogP contribution in [0.2, 0.25) is 0 Å². The predicted octanol–water partition coefficient (Wildman–Crippen LogP) is 3.38. The van der Waals surface area contributed by atoms with Gasteiger partial charge in [0, 0.05) is 11.4 Å². The second-order valence-electron chi connectivity index (χ2n) is 5.35. The molecule has 3 aromatic rings. The maximum absolute atomic E-state index is 6.02. The van der Waals surface area contributed by atoms with E-state index in [1.54, 1.807) is 0 Å². The van der Waals surface area contributed by atoms with Crippen molar-refractivity contribution in [1.82, 2.24) is 14.5 Å². The summed E-state index contributed by atoms with van der Waals surface area (Å²) < 4.78 is 2.21. The van der Waals surface area contributed by atoms with Gasteiger partial charge in [-0.3, -0.25) is 0 Å². The Morgan fingerprint density at radius 1 is 1.16 bits per heavy atom. The number of aromatic nitrogens is 3. The molecule has 0 fully saturated rings. The zero-order valence-corrected chi connectivity index (χ0v) is 11.5. The van der Waals surface area contributed by atoms with E-state index < -0.39 is 0 Å². The molecule has 19 heavy (non-hydrogen) atoms. The summed E-state index contributed by atoms with van der Waals surface area (Å²) in [4.78, 5) is 8.87. The number of rotatable bonds is 2. The van der Waals surface area contributed by atoms with Crippen molar-refractivity contribution in [2.75, 3.05) is 5.73 Å². The number of nitrogen functional groups attached to an aromatic ring is 1. The van der Waals surface area contributed by atoms with Gasteiger partial charge in [-0.25, -0.2) is 9.97 Å². The summed E-state index contributed by atoms with van der Waals surface area (Å²) in [6.07, 6.45) is 1.87. The lowest BCUT2D eigenvalue weighted by Gasteiger charge is -2.19. The Kier molecular flexibility index (Phi) is 2.66. The van der Waals surface area contributed by atoms with Gasteiger partial charge in [0.2, 0.25) is 0 Å². The van der Waals surface area contributed by atoms with Gasteiger partial charge in [-0.2, -0.15) is 0 Å². The highest BCUT2D eigenvalue weighted by Crippen LogP contribution is 2.30. The average Bonchev–Trinajstić information content (AvgIpc) is 2.83.